The zero-order valence-corrected chi connectivity index (χ0v) is 17.4. The van der Waals surface area contributed by atoms with Gasteiger partial charge in [-0.1, -0.05) is 26.8 Å². The molecule has 0 saturated carbocycles. The van der Waals surface area contributed by atoms with E-state index in [2.05, 4.69) is 4.98 Å². The van der Waals surface area contributed by atoms with Crippen molar-refractivity contribution in [3.8, 4) is 11.5 Å². The first-order chi connectivity index (χ1) is 13.2. The van der Waals surface area contributed by atoms with Gasteiger partial charge in [-0.3, -0.25) is 0 Å². The van der Waals surface area contributed by atoms with Crippen LogP contribution in [0.25, 0.3) is 0 Å². The van der Waals surface area contributed by atoms with Gasteiger partial charge in [0.15, 0.2) is 12.0 Å². The number of oxazole rings is 1. The number of carboxylic acid groups (broad SMARTS) is 1. The van der Waals surface area contributed by atoms with Crippen molar-refractivity contribution in [1.82, 2.24) is 4.98 Å². The molecule has 2 rings (SSSR count). The molecule has 0 bridgehead atoms. The molecule has 1 atom stereocenters. The van der Waals surface area contributed by atoms with Gasteiger partial charge in [0.2, 0.25) is 0 Å². The first-order valence-corrected chi connectivity index (χ1v) is 9.26. The largest absolute Gasteiger partial charge is 0.496 e. The molecule has 0 unspecified atom stereocenters. The topological polar surface area (TPSA) is 91.0 Å². The molecule has 0 radical (unpaired) electrons. The number of hydrogen-bond acceptors (Lipinski definition) is 6. The molecule has 0 amide bonds. The van der Waals surface area contributed by atoms with Crippen LogP contribution < -0.4 is 9.47 Å². The molecule has 1 heterocycles. The van der Waals surface area contributed by atoms with Crippen molar-refractivity contribution in [2.45, 2.75) is 59.2 Å². The number of carbonyl (C=O) groups is 1. The van der Waals surface area contributed by atoms with Crippen molar-refractivity contribution in [2.24, 2.45) is 0 Å². The standard InChI is InChI=1S/C21H29NO6/c1-7-26-18(19(23)24)10-14-8-9-15(11-17(14)25-6)27-12-16-13(2)28-20(22-16)21(3,4)5/h8-9,11,18H,7,10,12H2,1-6H3,(H,23,24)/t18-/m0/s1. The number of benzene rings is 1. The van der Waals surface area contributed by atoms with E-state index in [-0.39, 0.29) is 18.4 Å². The van der Waals surface area contributed by atoms with Crippen LogP contribution in [0.2, 0.25) is 0 Å². The van der Waals surface area contributed by atoms with Crippen LogP contribution in [0.5, 0.6) is 11.5 Å². The van der Waals surface area contributed by atoms with Crippen LogP contribution in [0.4, 0.5) is 0 Å². The average molecular weight is 391 g/mol. The summed E-state index contributed by atoms with van der Waals surface area (Å²) in [5.74, 6) is 1.56. The van der Waals surface area contributed by atoms with Crippen LogP contribution in [0.1, 0.15) is 50.6 Å². The maximum absolute atomic E-state index is 11.3. The average Bonchev–Trinajstić information content (AvgIpc) is 3.01. The van der Waals surface area contributed by atoms with Gasteiger partial charge in [-0.25, -0.2) is 9.78 Å². The molecule has 1 N–H and O–H groups in total. The highest BCUT2D eigenvalue weighted by Crippen LogP contribution is 2.28. The molecule has 0 spiro atoms. The van der Waals surface area contributed by atoms with Gasteiger partial charge in [0, 0.05) is 24.5 Å². The van der Waals surface area contributed by atoms with Crippen molar-refractivity contribution in [3.63, 3.8) is 0 Å². The number of hydrogen-bond donors (Lipinski definition) is 1. The second-order valence-corrected chi connectivity index (χ2v) is 7.52. The monoisotopic (exact) mass is 391 g/mol. The van der Waals surface area contributed by atoms with Crippen LogP contribution in [0.3, 0.4) is 0 Å². The Kier molecular flexibility index (Phi) is 7.07. The normalized spacial score (nSPS) is 12.6. The Hall–Kier alpha value is -2.54. The maximum atomic E-state index is 11.3. The Bertz CT molecular complexity index is 806. The summed E-state index contributed by atoms with van der Waals surface area (Å²) in [7, 11) is 1.54. The Morgan fingerprint density at radius 2 is 2.04 bits per heavy atom. The molecule has 0 saturated heterocycles. The zero-order chi connectivity index (χ0) is 20.9. The Morgan fingerprint density at radius 1 is 1.32 bits per heavy atom. The molecule has 7 heteroatoms. The molecule has 1 aromatic heterocycles. The molecular weight excluding hydrogens is 362 g/mol. The highest BCUT2D eigenvalue weighted by Gasteiger charge is 2.23. The fourth-order valence-electron chi connectivity index (χ4n) is 2.64. The van der Waals surface area contributed by atoms with Gasteiger partial charge in [-0.2, -0.15) is 0 Å². The number of nitrogens with zero attached hydrogens (tertiary/aromatic N) is 1. The van der Waals surface area contributed by atoms with Crippen molar-refractivity contribution >= 4 is 5.97 Å². The summed E-state index contributed by atoms with van der Waals surface area (Å²) in [6.07, 6.45) is -0.705. The van der Waals surface area contributed by atoms with Crippen LogP contribution in [-0.4, -0.2) is 35.9 Å². The Labute approximate surface area is 165 Å². The summed E-state index contributed by atoms with van der Waals surface area (Å²) in [5, 5.41) is 9.27. The molecular formula is C21H29NO6. The second-order valence-electron chi connectivity index (χ2n) is 7.52. The number of aromatic nitrogens is 1. The van der Waals surface area contributed by atoms with Crippen molar-refractivity contribution in [2.75, 3.05) is 13.7 Å². The molecule has 0 aliphatic carbocycles. The van der Waals surface area contributed by atoms with Gasteiger partial charge < -0.3 is 23.7 Å². The predicted octanol–water partition coefficient (Wildman–Crippen LogP) is 3.90. The molecule has 0 aliphatic heterocycles. The molecule has 0 fully saturated rings. The highest BCUT2D eigenvalue weighted by atomic mass is 16.5. The van der Waals surface area contributed by atoms with E-state index in [0.29, 0.717) is 24.0 Å². The summed E-state index contributed by atoms with van der Waals surface area (Å²) in [4.78, 5) is 15.8. The van der Waals surface area contributed by atoms with Crippen molar-refractivity contribution in [3.05, 3.63) is 41.1 Å². The molecule has 28 heavy (non-hydrogen) atoms. The smallest absolute Gasteiger partial charge is 0.333 e. The molecule has 2 aromatic rings. The van der Waals surface area contributed by atoms with E-state index in [1.165, 1.54) is 7.11 Å². The second kappa shape index (κ2) is 9.10. The van der Waals surface area contributed by atoms with Gasteiger partial charge in [0.1, 0.15) is 29.6 Å². The zero-order valence-electron chi connectivity index (χ0n) is 17.4. The number of rotatable bonds is 9. The van der Waals surface area contributed by atoms with Crippen LogP contribution in [0.15, 0.2) is 22.6 Å². The lowest BCUT2D eigenvalue weighted by molar-refractivity contribution is -0.149. The summed E-state index contributed by atoms with van der Waals surface area (Å²) < 4.78 is 22.3. The van der Waals surface area contributed by atoms with E-state index in [0.717, 1.165) is 17.0 Å². The fourth-order valence-corrected chi connectivity index (χ4v) is 2.64. The van der Waals surface area contributed by atoms with Gasteiger partial charge in [0.05, 0.1) is 7.11 Å². The molecule has 7 nitrogen and oxygen atoms in total. The number of aryl methyl sites for hydroxylation is 1. The van der Waals surface area contributed by atoms with Gasteiger partial charge in [-0.05, 0) is 25.5 Å². The third kappa shape index (κ3) is 5.48. The fraction of sp³-hybridized carbons (Fsp3) is 0.524. The van der Waals surface area contributed by atoms with Gasteiger partial charge >= 0.3 is 5.97 Å². The van der Waals surface area contributed by atoms with Crippen molar-refractivity contribution < 1.29 is 28.5 Å². The number of carboxylic acids is 1. The first kappa shape index (κ1) is 21.8. The minimum atomic E-state index is -1.000. The molecule has 154 valence electrons. The van der Waals surface area contributed by atoms with E-state index >= 15 is 0 Å². The summed E-state index contributed by atoms with van der Waals surface area (Å²) in [5.41, 5.74) is 1.31. The van der Waals surface area contributed by atoms with E-state index in [4.69, 9.17) is 18.6 Å². The lowest BCUT2D eigenvalue weighted by Gasteiger charge is -2.16. The van der Waals surface area contributed by atoms with Crippen molar-refractivity contribution in [1.29, 1.82) is 0 Å². The van der Waals surface area contributed by atoms with Crippen LogP contribution >= 0.6 is 0 Å². The van der Waals surface area contributed by atoms with E-state index in [1.807, 2.05) is 27.7 Å². The third-order valence-corrected chi connectivity index (χ3v) is 4.22. The van der Waals surface area contributed by atoms with E-state index < -0.39 is 12.1 Å². The predicted molar refractivity (Wildman–Crippen MR) is 104 cm³/mol. The molecule has 0 aliphatic rings. The lowest BCUT2D eigenvalue weighted by atomic mass is 9.97. The SMILES string of the molecule is CCO[C@@H](Cc1ccc(OCc2nc(C(C)(C)C)oc2C)cc1OC)C(=O)O. The quantitative estimate of drug-likeness (QED) is 0.693. The number of ether oxygens (including phenoxy) is 3. The highest BCUT2D eigenvalue weighted by molar-refractivity contribution is 5.73. The summed E-state index contributed by atoms with van der Waals surface area (Å²) >= 11 is 0. The minimum absolute atomic E-state index is 0.172. The van der Waals surface area contributed by atoms with Crippen LogP contribution in [0, 0.1) is 6.92 Å². The molecule has 1 aromatic carbocycles. The van der Waals surface area contributed by atoms with E-state index in [9.17, 15) is 9.90 Å². The first-order valence-electron chi connectivity index (χ1n) is 9.26. The van der Waals surface area contributed by atoms with Gasteiger partial charge in [0.25, 0.3) is 0 Å². The minimum Gasteiger partial charge on any atom is -0.496 e. The summed E-state index contributed by atoms with van der Waals surface area (Å²) in [6, 6.07) is 5.31. The van der Waals surface area contributed by atoms with E-state index in [1.54, 1.807) is 25.1 Å². The number of methoxy groups -OCH3 is 1. The lowest BCUT2D eigenvalue weighted by Crippen LogP contribution is -2.26. The number of aliphatic carboxylic acids is 1. The third-order valence-electron chi connectivity index (χ3n) is 4.22. The maximum Gasteiger partial charge on any atom is 0.333 e. The summed E-state index contributed by atoms with van der Waals surface area (Å²) in [6.45, 7) is 10.3. The van der Waals surface area contributed by atoms with Crippen LogP contribution in [-0.2, 0) is 28.0 Å². The Morgan fingerprint density at radius 3 is 2.57 bits per heavy atom. The Balaban J connectivity index is 2.12. The van der Waals surface area contributed by atoms with Gasteiger partial charge in [-0.15, -0.1) is 0 Å².